The van der Waals surface area contributed by atoms with Crippen LogP contribution in [0.5, 0.6) is 0 Å². The van der Waals surface area contributed by atoms with E-state index in [4.69, 9.17) is 42.4 Å². The second-order valence-corrected chi connectivity index (χ2v) is 8.47. The summed E-state index contributed by atoms with van der Waals surface area (Å²) in [6.07, 6.45) is -2.62. The second-order valence-electron chi connectivity index (χ2n) is 6.82. The molecule has 3 heterocycles. The van der Waals surface area contributed by atoms with Gasteiger partial charge in [-0.2, -0.15) is 0 Å². The third-order valence-corrected chi connectivity index (χ3v) is 5.37. The lowest BCUT2D eigenvalue weighted by Gasteiger charge is -2.14. The molecule has 33 heavy (non-hydrogen) atoms. The van der Waals surface area contributed by atoms with Gasteiger partial charge in [-0.1, -0.05) is 23.7 Å². The molecule has 1 unspecified atom stereocenters. The highest BCUT2D eigenvalue weighted by molar-refractivity contribution is 7.46. The zero-order valence-corrected chi connectivity index (χ0v) is 18.5. The fourth-order valence-corrected chi connectivity index (χ4v) is 3.39. The highest BCUT2D eigenvalue weighted by Crippen LogP contribution is 2.37. The average Bonchev–Trinajstić information content (AvgIpc) is 3.34. The molecule has 1 aliphatic heterocycles. The van der Waals surface area contributed by atoms with Crippen LogP contribution in [0.15, 0.2) is 30.9 Å². The fourth-order valence-electron chi connectivity index (χ4n) is 2.85. The number of imidazole rings is 1. The van der Waals surface area contributed by atoms with Crippen LogP contribution in [-0.2, 0) is 20.4 Å². The van der Waals surface area contributed by atoms with Crippen molar-refractivity contribution in [1.82, 2.24) is 19.9 Å². The molecule has 1 aromatic carbocycles. The normalized spacial score (nSPS) is 22.7. The number of hydrogen-bond donors (Lipinski definition) is 8. The number of nitrogens with one attached hydrogen (secondary N) is 2. The van der Waals surface area contributed by atoms with Gasteiger partial charge in [0, 0.05) is 6.54 Å². The highest BCUT2D eigenvalue weighted by atomic mass is 35.5. The van der Waals surface area contributed by atoms with Gasteiger partial charge in [0.2, 0.25) is 0 Å². The molecule has 4 atom stereocenters. The predicted molar refractivity (Wildman–Crippen MR) is 116 cm³/mol. The van der Waals surface area contributed by atoms with Gasteiger partial charge in [0.1, 0.15) is 30.2 Å². The van der Waals surface area contributed by atoms with E-state index in [1.165, 1.54) is 6.33 Å². The predicted octanol–water partition coefficient (Wildman–Crippen LogP) is -0.265. The van der Waals surface area contributed by atoms with Crippen LogP contribution in [0.4, 0.5) is 11.5 Å². The number of aromatic amines is 1. The Morgan fingerprint density at radius 1 is 1.21 bits per heavy atom. The number of H-pyrrole nitrogens is 1. The summed E-state index contributed by atoms with van der Waals surface area (Å²) in [7, 11) is -4.64. The van der Waals surface area contributed by atoms with Crippen LogP contribution >= 0.6 is 19.4 Å². The number of nitrogens with zero attached hydrogens (tertiary/aromatic N) is 3. The molecule has 0 radical (unpaired) electrons. The number of nitrogen functional groups attached to an aromatic ring is 1. The highest BCUT2D eigenvalue weighted by Gasteiger charge is 2.42. The molecule has 0 amide bonds. The van der Waals surface area contributed by atoms with Crippen molar-refractivity contribution < 1.29 is 38.9 Å². The van der Waals surface area contributed by atoms with Crippen molar-refractivity contribution in [3.05, 3.63) is 41.4 Å². The molecule has 0 bridgehead atoms. The van der Waals surface area contributed by atoms with Gasteiger partial charge in [-0.05, 0) is 11.6 Å². The van der Waals surface area contributed by atoms with E-state index in [0.717, 1.165) is 11.1 Å². The summed E-state index contributed by atoms with van der Waals surface area (Å²) in [5, 5.41) is 30.8. The van der Waals surface area contributed by atoms with Crippen molar-refractivity contribution in [3.8, 4) is 0 Å². The monoisotopic (exact) mass is 504 g/mol. The van der Waals surface area contributed by atoms with E-state index in [-0.39, 0.29) is 0 Å². The Morgan fingerprint density at radius 2 is 1.97 bits per heavy atom. The number of aliphatic hydroxyl groups excluding tert-OH is 3. The molecule has 14 nitrogen and oxygen atoms in total. The zero-order chi connectivity index (χ0) is 24.2. The van der Waals surface area contributed by atoms with Crippen LogP contribution in [-0.4, -0.2) is 76.3 Å². The molecule has 1 aliphatic rings. The first-order chi connectivity index (χ1) is 15.6. The molecule has 1 fully saturated rings. The van der Waals surface area contributed by atoms with Gasteiger partial charge in [0.15, 0.2) is 17.8 Å². The number of halogens is 1. The lowest BCUT2D eigenvalue weighted by Crippen LogP contribution is -2.34. The van der Waals surface area contributed by atoms with Crippen molar-refractivity contribution in [2.45, 2.75) is 31.1 Å². The Morgan fingerprint density at radius 3 is 2.64 bits per heavy atom. The topological polar surface area (TPSA) is 229 Å². The van der Waals surface area contributed by atoms with Crippen LogP contribution < -0.4 is 11.1 Å². The van der Waals surface area contributed by atoms with Crippen LogP contribution in [0, 0.1) is 0 Å². The van der Waals surface area contributed by atoms with Crippen molar-refractivity contribution in [2.75, 3.05) is 17.7 Å². The number of hydrogen-bond acceptors (Lipinski definition) is 11. The van der Waals surface area contributed by atoms with Crippen LogP contribution in [0.1, 0.15) is 5.56 Å². The third kappa shape index (κ3) is 6.57. The molecule has 0 aliphatic carbocycles. The number of phosphoric acid groups is 1. The molecule has 16 heteroatoms. The summed E-state index contributed by atoms with van der Waals surface area (Å²) in [5.41, 5.74) is 8.79. The lowest BCUT2D eigenvalue weighted by molar-refractivity contribution is -0.132. The molecule has 3 aromatic rings. The SMILES string of the molecule is Nc1c(Cl)cccc1CNc1ncnc2nc[nH]c12.O=P(O)(O)OC[C@H]1OC(O)[C@H](O)[C@@H]1O. The Labute approximate surface area is 191 Å². The first-order valence-electron chi connectivity index (χ1n) is 9.37. The Kier molecular flexibility index (Phi) is 8.18. The minimum absolute atomic E-state index is 0.525. The van der Waals surface area contributed by atoms with Gasteiger partial charge >= 0.3 is 7.82 Å². The van der Waals surface area contributed by atoms with E-state index in [0.29, 0.717) is 28.7 Å². The standard InChI is InChI=1S/C12H11ClN6.C5H11O8P/c13-8-3-1-2-7(9(8)14)4-15-11-10-12(17-5-16-10)19-6-18-11;6-3-2(1-12-14(9,10)11)13-5(8)4(3)7/h1-3,5-6H,4,14H2,(H2,15,16,17,18,19);2-8H,1H2,(H2,9,10,11)/t;2-,3-,4-,5?/m.1/s1. The number of anilines is 2. The number of fused-ring (bicyclic) bond motifs is 1. The minimum Gasteiger partial charge on any atom is -0.397 e. The summed E-state index contributed by atoms with van der Waals surface area (Å²) in [6.45, 7) is -0.0862. The molecule has 1 saturated heterocycles. The van der Waals surface area contributed by atoms with Crippen LogP contribution in [0.3, 0.4) is 0 Å². The third-order valence-electron chi connectivity index (χ3n) is 4.56. The van der Waals surface area contributed by atoms with Gasteiger partial charge in [-0.25, -0.2) is 19.5 Å². The smallest absolute Gasteiger partial charge is 0.397 e. The quantitative estimate of drug-likeness (QED) is 0.160. The lowest BCUT2D eigenvalue weighted by atomic mass is 10.1. The molecular weight excluding hydrogens is 483 g/mol. The maximum atomic E-state index is 10.3. The van der Waals surface area contributed by atoms with Crippen LogP contribution in [0.25, 0.3) is 11.2 Å². The van der Waals surface area contributed by atoms with E-state index in [1.54, 1.807) is 12.4 Å². The molecule has 180 valence electrons. The maximum absolute atomic E-state index is 10.3. The number of phosphoric ester groups is 1. The van der Waals surface area contributed by atoms with Crippen molar-refractivity contribution in [2.24, 2.45) is 0 Å². The zero-order valence-electron chi connectivity index (χ0n) is 16.8. The van der Waals surface area contributed by atoms with Gasteiger partial charge in [-0.15, -0.1) is 0 Å². The van der Waals surface area contributed by atoms with Crippen molar-refractivity contribution in [3.63, 3.8) is 0 Å². The average molecular weight is 505 g/mol. The summed E-state index contributed by atoms with van der Waals surface area (Å²) in [5.74, 6) is 0.682. The van der Waals surface area contributed by atoms with Gasteiger partial charge in [-0.3, -0.25) is 4.52 Å². The van der Waals surface area contributed by atoms with E-state index < -0.39 is 39.0 Å². The Bertz CT molecular complexity index is 1130. The maximum Gasteiger partial charge on any atom is 0.469 e. The van der Waals surface area contributed by atoms with Gasteiger partial charge < -0.3 is 45.9 Å². The number of aliphatic hydroxyl groups is 3. The summed E-state index contributed by atoms with van der Waals surface area (Å²) in [4.78, 5) is 31.9. The van der Waals surface area contributed by atoms with Crippen molar-refractivity contribution in [1.29, 1.82) is 0 Å². The van der Waals surface area contributed by atoms with E-state index in [2.05, 4.69) is 34.5 Å². The molecule has 0 saturated carbocycles. The first kappa shape index (κ1) is 25.2. The minimum atomic E-state index is -4.64. The molecule has 2 aromatic heterocycles. The van der Waals surface area contributed by atoms with Crippen LogP contribution in [0.2, 0.25) is 5.02 Å². The van der Waals surface area contributed by atoms with E-state index in [9.17, 15) is 4.57 Å². The number of aromatic nitrogens is 4. The van der Waals surface area contributed by atoms with Gasteiger partial charge in [0.05, 0.1) is 23.6 Å². The van der Waals surface area contributed by atoms with E-state index >= 15 is 0 Å². The number of benzene rings is 1. The Balaban J connectivity index is 0.000000196. The summed E-state index contributed by atoms with van der Waals surface area (Å²) in [6, 6.07) is 5.54. The molecule has 4 rings (SSSR count). The van der Waals surface area contributed by atoms with Gasteiger partial charge in [0.25, 0.3) is 0 Å². The summed E-state index contributed by atoms with van der Waals surface area (Å²) < 4.78 is 18.9. The molecule has 9 N–H and O–H groups in total. The fraction of sp³-hybridized carbons (Fsp3) is 0.353. The number of nitrogens with two attached hydrogens (primary N) is 1. The number of rotatable bonds is 6. The number of para-hydroxylation sites is 1. The first-order valence-corrected chi connectivity index (χ1v) is 11.3. The molecular formula is C17H22ClN6O8P. The Hall–Kier alpha value is -2.39. The second kappa shape index (κ2) is 10.7. The van der Waals surface area contributed by atoms with E-state index in [1.807, 2.05) is 12.1 Å². The molecule has 0 spiro atoms. The summed E-state index contributed by atoms with van der Waals surface area (Å²) >= 11 is 5.98. The van der Waals surface area contributed by atoms with Crippen molar-refractivity contribution >= 4 is 42.1 Å². The number of ether oxygens (including phenoxy) is 1. The largest absolute Gasteiger partial charge is 0.469 e.